The third-order valence-corrected chi connectivity index (χ3v) is 4.73. The Hall–Kier alpha value is -3.12. The third-order valence-electron chi connectivity index (χ3n) is 3.79. The monoisotopic (exact) mass is 337 g/mol. The summed E-state index contributed by atoms with van der Waals surface area (Å²) in [5.74, 6) is 0.147. The van der Waals surface area contributed by atoms with E-state index >= 15 is 0 Å². The maximum absolute atomic E-state index is 12.9. The first-order valence-electron chi connectivity index (χ1n) is 7.17. The SMILES string of the molecule is O=C(O)Oc1cc(-c2ccccc2)c(=O)n2ccc3ccsc3c12. The van der Waals surface area contributed by atoms with E-state index in [1.165, 1.54) is 21.8 Å². The molecule has 3 aromatic heterocycles. The van der Waals surface area contributed by atoms with Crippen molar-refractivity contribution in [2.24, 2.45) is 0 Å². The van der Waals surface area contributed by atoms with E-state index in [2.05, 4.69) is 0 Å². The van der Waals surface area contributed by atoms with Crippen LogP contribution in [0.4, 0.5) is 4.79 Å². The Morgan fingerprint density at radius 1 is 1.12 bits per heavy atom. The standard InChI is InChI=1S/C18H11NO4S/c20-17-13(11-4-2-1-3-5-11)10-14(23-18(21)22)15-16-12(7-9-24-16)6-8-19(15)17/h1-10H,(H,21,22). The Bertz CT molecular complexity index is 1130. The lowest BCUT2D eigenvalue weighted by Crippen LogP contribution is -2.17. The Labute approximate surface area is 140 Å². The van der Waals surface area contributed by atoms with Crippen LogP contribution < -0.4 is 10.3 Å². The van der Waals surface area contributed by atoms with Crippen molar-refractivity contribution >= 4 is 33.1 Å². The normalized spacial score (nSPS) is 11.0. The van der Waals surface area contributed by atoms with Crippen LogP contribution in [0.25, 0.3) is 26.7 Å². The summed E-state index contributed by atoms with van der Waals surface area (Å²) < 4.78 is 7.24. The molecule has 24 heavy (non-hydrogen) atoms. The zero-order valence-electron chi connectivity index (χ0n) is 12.3. The van der Waals surface area contributed by atoms with Crippen molar-refractivity contribution in [3.63, 3.8) is 0 Å². The molecule has 0 aliphatic heterocycles. The van der Waals surface area contributed by atoms with Crippen LogP contribution in [0.15, 0.2) is 64.9 Å². The summed E-state index contributed by atoms with van der Waals surface area (Å²) in [4.78, 5) is 24.0. The number of thiophene rings is 1. The van der Waals surface area contributed by atoms with E-state index in [-0.39, 0.29) is 11.3 Å². The molecule has 0 amide bonds. The van der Waals surface area contributed by atoms with Crippen LogP contribution in [0.3, 0.4) is 0 Å². The molecule has 0 spiro atoms. The Morgan fingerprint density at radius 2 is 1.92 bits per heavy atom. The second kappa shape index (κ2) is 5.50. The van der Waals surface area contributed by atoms with Gasteiger partial charge >= 0.3 is 6.16 Å². The lowest BCUT2D eigenvalue weighted by Gasteiger charge is -2.11. The average Bonchev–Trinajstić information content (AvgIpc) is 3.06. The zero-order chi connectivity index (χ0) is 16.7. The molecule has 5 nitrogen and oxygen atoms in total. The van der Waals surface area contributed by atoms with Gasteiger partial charge in [-0.15, -0.1) is 11.3 Å². The molecule has 0 fully saturated rings. The first-order chi connectivity index (χ1) is 11.6. The van der Waals surface area contributed by atoms with E-state index < -0.39 is 6.16 Å². The molecule has 4 aromatic rings. The molecule has 0 aliphatic rings. The van der Waals surface area contributed by atoms with Crippen molar-refractivity contribution in [3.05, 3.63) is 70.5 Å². The van der Waals surface area contributed by atoms with Crippen molar-refractivity contribution in [3.8, 4) is 16.9 Å². The molecule has 0 saturated heterocycles. The van der Waals surface area contributed by atoms with E-state index in [1.807, 2.05) is 35.7 Å². The van der Waals surface area contributed by atoms with Crippen LogP contribution in [0.5, 0.6) is 5.75 Å². The average molecular weight is 337 g/mol. The van der Waals surface area contributed by atoms with Gasteiger partial charge in [-0.2, -0.15) is 0 Å². The molecule has 3 heterocycles. The first kappa shape index (κ1) is 14.5. The van der Waals surface area contributed by atoms with Crippen LogP contribution in [-0.4, -0.2) is 15.7 Å². The topological polar surface area (TPSA) is 68.0 Å². The maximum Gasteiger partial charge on any atom is 0.511 e. The number of pyridine rings is 2. The number of aromatic nitrogens is 1. The van der Waals surface area contributed by atoms with E-state index in [0.29, 0.717) is 16.6 Å². The highest BCUT2D eigenvalue weighted by atomic mass is 32.1. The summed E-state index contributed by atoms with van der Waals surface area (Å²) >= 11 is 1.44. The van der Waals surface area contributed by atoms with Crippen LogP contribution >= 0.6 is 11.3 Å². The van der Waals surface area contributed by atoms with Crippen molar-refractivity contribution in [1.29, 1.82) is 0 Å². The van der Waals surface area contributed by atoms with Gasteiger partial charge in [-0.3, -0.25) is 9.20 Å². The van der Waals surface area contributed by atoms with Gasteiger partial charge in [-0.05, 0) is 34.5 Å². The van der Waals surface area contributed by atoms with Gasteiger partial charge in [0.05, 0.1) is 10.3 Å². The summed E-state index contributed by atoms with van der Waals surface area (Å²) in [5, 5.41) is 11.9. The Kier molecular flexibility index (Phi) is 3.32. The Morgan fingerprint density at radius 3 is 2.67 bits per heavy atom. The zero-order valence-corrected chi connectivity index (χ0v) is 13.1. The molecule has 4 rings (SSSR count). The summed E-state index contributed by atoms with van der Waals surface area (Å²) in [6.45, 7) is 0. The molecule has 0 unspecified atom stereocenters. The second-order valence-electron chi connectivity index (χ2n) is 5.20. The summed E-state index contributed by atoms with van der Waals surface area (Å²) in [5.41, 5.74) is 1.34. The van der Waals surface area contributed by atoms with E-state index in [9.17, 15) is 9.59 Å². The molecular formula is C18H11NO4S. The fourth-order valence-corrected chi connectivity index (χ4v) is 3.70. The molecule has 1 N–H and O–H groups in total. The molecule has 118 valence electrons. The van der Waals surface area contributed by atoms with Crippen molar-refractivity contribution in [1.82, 2.24) is 4.40 Å². The third kappa shape index (κ3) is 2.24. The fraction of sp³-hybridized carbons (Fsp3) is 0. The molecule has 0 bridgehead atoms. The minimum absolute atomic E-state index is 0.147. The highest BCUT2D eigenvalue weighted by Crippen LogP contribution is 2.33. The fourth-order valence-electron chi connectivity index (χ4n) is 2.77. The maximum atomic E-state index is 12.9. The minimum Gasteiger partial charge on any atom is -0.449 e. The van der Waals surface area contributed by atoms with Crippen LogP contribution in [0.1, 0.15) is 0 Å². The number of nitrogens with zero attached hydrogens (tertiary/aromatic N) is 1. The highest BCUT2D eigenvalue weighted by molar-refractivity contribution is 7.18. The number of rotatable bonds is 2. The highest BCUT2D eigenvalue weighted by Gasteiger charge is 2.17. The van der Waals surface area contributed by atoms with E-state index in [4.69, 9.17) is 9.84 Å². The number of fused-ring (bicyclic) bond motifs is 3. The summed E-state index contributed by atoms with van der Waals surface area (Å²) in [6, 6.07) is 14.4. The van der Waals surface area contributed by atoms with Gasteiger partial charge < -0.3 is 9.84 Å². The van der Waals surface area contributed by atoms with Crippen LogP contribution in [0, 0.1) is 0 Å². The lowest BCUT2D eigenvalue weighted by molar-refractivity contribution is 0.145. The predicted octanol–water partition coefficient (Wildman–Crippen LogP) is 4.24. The smallest absolute Gasteiger partial charge is 0.449 e. The molecular weight excluding hydrogens is 326 g/mol. The van der Waals surface area contributed by atoms with Gasteiger partial charge in [0.2, 0.25) is 0 Å². The number of hydrogen-bond acceptors (Lipinski definition) is 4. The number of benzene rings is 1. The molecule has 0 saturated carbocycles. The number of hydrogen-bond donors (Lipinski definition) is 1. The van der Waals surface area contributed by atoms with E-state index in [1.54, 1.807) is 18.3 Å². The molecule has 6 heteroatoms. The number of carbonyl (C=O) groups is 1. The molecule has 0 aliphatic carbocycles. The van der Waals surface area contributed by atoms with Gasteiger partial charge in [0.15, 0.2) is 5.75 Å². The lowest BCUT2D eigenvalue weighted by atomic mass is 10.1. The van der Waals surface area contributed by atoms with Gasteiger partial charge in [0, 0.05) is 6.20 Å². The van der Waals surface area contributed by atoms with Gasteiger partial charge in [-0.1, -0.05) is 30.3 Å². The van der Waals surface area contributed by atoms with Crippen molar-refractivity contribution in [2.45, 2.75) is 0 Å². The van der Waals surface area contributed by atoms with Crippen molar-refractivity contribution in [2.75, 3.05) is 0 Å². The van der Waals surface area contributed by atoms with Crippen LogP contribution in [0.2, 0.25) is 0 Å². The summed E-state index contributed by atoms with van der Waals surface area (Å²) in [7, 11) is 0. The molecule has 0 atom stereocenters. The number of ether oxygens (including phenoxy) is 1. The van der Waals surface area contributed by atoms with Gasteiger partial charge in [-0.25, -0.2) is 4.79 Å². The largest absolute Gasteiger partial charge is 0.511 e. The van der Waals surface area contributed by atoms with Crippen molar-refractivity contribution < 1.29 is 14.6 Å². The van der Waals surface area contributed by atoms with Gasteiger partial charge in [0.25, 0.3) is 5.56 Å². The predicted molar refractivity (Wildman–Crippen MR) is 93.1 cm³/mol. The first-order valence-corrected chi connectivity index (χ1v) is 8.05. The number of carboxylic acid groups (broad SMARTS) is 1. The van der Waals surface area contributed by atoms with Crippen LogP contribution in [-0.2, 0) is 0 Å². The quantitative estimate of drug-likeness (QED) is 0.556. The molecule has 0 radical (unpaired) electrons. The summed E-state index contributed by atoms with van der Waals surface area (Å²) in [6.07, 6.45) is 0.233. The minimum atomic E-state index is -1.41. The molecule has 1 aromatic carbocycles. The van der Waals surface area contributed by atoms with E-state index in [0.717, 1.165) is 10.1 Å². The van der Waals surface area contributed by atoms with Gasteiger partial charge in [0.1, 0.15) is 5.52 Å². The Balaban J connectivity index is 2.14. The second-order valence-corrected chi connectivity index (χ2v) is 6.12.